The molecule has 0 bridgehead atoms. The predicted molar refractivity (Wildman–Crippen MR) is 58.8 cm³/mol. The second-order valence-corrected chi connectivity index (χ2v) is 3.13. The van der Waals surface area contributed by atoms with Gasteiger partial charge in [-0.15, -0.1) is 5.10 Å². The van der Waals surface area contributed by atoms with Gasteiger partial charge in [0.25, 0.3) is 11.9 Å². The third kappa shape index (κ3) is 2.52. The van der Waals surface area contributed by atoms with Crippen molar-refractivity contribution in [2.45, 2.75) is 0 Å². The molecule has 9 nitrogen and oxygen atoms in total. The van der Waals surface area contributed by atoms with Crippen LogP contribution in [-0.2, 0) is 7.05 Å². The molecule has 0 unspecified atom stereocenters. The third-order valence-corrected chi connectivity index (χ3v) is 1.91. The molecule has 2 aromatic heterocycles. The van der Waals surface area contributed by atoms with Crippen molar-refractivity contribution >= 4 is 17.7 Å². The highest BCUT2D eigenvalue weighted by Crippen LogP contribution is 2.05. The summed E-state index contributed by atoms with van der Waals surface area (Å²) in [5.74, 6) is 5.40. The lowest BCUT2D eigenvalue weighted by atomic mass is 10.2. The minimum atomic E-state index is -0.367. The number of hydrogen-bond donors (Lipinski definition) is 3. The first-order valence-corrected chi connectivity index (χ1v) is 4.67. The number of carbonyl (C=O) groups excluding carboxylic acids is 1. The highest BCUT2D eigenvalue weighted by molar-refractivity contribution is 6.03. The minimum absolute atomic E-state index is 0.138. The molecule has 0 aliphatic carbocycles. The van der Waals surface area contributed by atoms with Crippen molar-refractivity contribution < 1.29 is 4.79 Å². The second-order valence-electron chi connectivity index (χ2n) is 3.13. The first-order chi connectivity index (χ1) is 8.19. The van der Waals surface area contributed by atoms with Crippen molar-refractivity contribution in [3.05, 3.63) is 23.9 Å². The molecule has 0 saturated carbocycles. The van der Waals surface area contributed by atoms with E-state index in [4.69, 9.17) is 5.84 Å². The Labute approximate surface area is 96.0 Å². The zero-order chi connectivity index (χ0) is 12.3. The lowest BCUT2D eigenvalue weighted by Gasteiger charge is -2.01. The summed E-state index contributed by atoms with van der Waals surface area (Å²) >= 11 is 0. The standard InChI is InChI=1S/C8H10N8O/c1-16-14-8(13-15-16)11-7(17)5-2-3-6(12-9)10-4-5/h2-4H,9H2,1H3,(H,10,12)(H,11,14,17). The number of tetrazole rings is 1. The van der Waals surface area contributed by atoms with Crippen molar-refractivity contribution in [1.29, 1.82) is 0 Å². The molecule has 0 radical (unpaired) electrons. The molecular weight excluding hydrogens is 224 g/mol. The molecule has 1 amide bonds. The Kier molecular flexibility index (Phi) is 2.92. The Morgan fingerprint density at radius 1 is 1.47 bits per heavy atom. The van der Waals surface area contributed by atoms with Crippen LogP contribution in [0.25, 0.3) is 0 Å². The van der Waals surface area contributed by atoms with Gasteiger partial charge in [-0.25, -0.2) is 10.8 Å². The monoisotopic (exact) mass is 234 g/mol. The number of aryl methyl sites for hydroxylation is 1. The largest absolute Gasteiger partial charge is 0.308 e. The third-order valence-electron chi connectivity index (χ3n) is 1.91. The van der Waals surface area contributed by atoms with E-state index in [2.05, 4.69) is 31.1 Å². The van der Waals surface area contributed by atoms with E-state index in [0.717, 1.165) is 0 Å². The van der Waals surface area contributed by atoms with Crippen LogP contribution in [0.3, 0.4) is 0 Å². The summed E-state index contributed by atoms with van der Waals surface area (Å²) in [6.07, 6.45) is 1.39. The molecule has 2 heterocycles. The first-order valence-electron chi connectivity index (χ1n) is 4.67. The van der Waals surface area contributed by atoms with E-state index in [9.17, 15) is 4.79 Å². The molecule has 0 aliphatic heterocycles. The maximum Gasteiger partial charge on any atom is 0.270 e. The van der Waals surface area contributed by atoms with Crippen LogP contribution >= 0.6 is 0 Å². The molecule has 4 N–H and O–H groups in total. The SMILES string of the molecule is Cn1nnc(NC(=O)c2ccc(NN)nc2)n1. The maximum absolute atomic E-state index is 11.7. The average molecular weight is 234 g/mol. The lowest BCUT2D eigenvalue weighted by molar-refractivity contribution is 0.102. The highest BCUT2D eigenvalue weighted by Gasteiger charge is 2.09. The number of aromatic nitrogens is 5. The molecule has 88 valence electrons. The van der Waals surface area contributed by atoms with Crippen LogP contribution in [0.1, 0.15) is 10.4 Å². The number of rotatable bonds is 3. The Hall–Kier alpha value is -2.55. The molecular formula is C8H10N8O. The van der Waals surface area contributed by atoms with Crippen LogP contribution in [0, 0.1) is 0 Å². The van der Waals surface area contributed by atoms with Gasteiger partial charge in [0.1, 0.15) is 5.82 Å². The van der Waals surface area contributed by atoms with Gasteiger partial charge >= 0.3 is 0 Å². The molecule has 2 aromatic rings. The van der Waals surface area contributed by atoms with E-state index in [1.54, 1.807) is 19.2 Å². The summed E-state index contributed by atoms with van der Waals surface area (Å²) in [7, 11) is 1.60. The van der Waals surface area contributed by atoms with Gasteiger partial charge < -0.3 is 5.43 Å². The van der Waals surface area contributed by atoms with E-state index < -0.39 is 0 Å². The quantitative estimate of drug-likeness (QED) is 0.466. The highest BCUT2D eigenvalue weighted by atomic mass is 16.1. The lowest BCUT2D eigenvalue weighted by Crippen LogP contribution is -2.14. The number of hydrogen-bond acceptors (Lipinski definition) is 7. The summed E-state index contributed by atoms with van der Waals surface area (Å²) in [5.41, 5.74) is 2.74. The molecule has 9 heteroatoms. The first kappa shape index (κ1) is 11.0. The fourth-order valence-electron chi connectivity index (χ4n) is 1.12. The van der Waals surface area contributed by atoms with Crippen molar-refractivity contribution in [2.75, 3.05) is 10.7 Å². The zero-order valence-electron chi connectivity index (χ0n) is 8.95. The van der Waals surface area contributed by atoms with Crippen LogP contribution in [0.2, 0.25) is 0 Å². The van der Waals surface area contributed by atoms with E-state index in [1.165, 1.54) is 11.0 Å². The maximum atomic E-state index is 11.7. The molecule has 0 saturated heterocycles. The number of amides is 1. The van der Waals surface area contributed by atoms with Gasteiger partial charge in [-0.05, 0) is 17.3 Å². The number of anilines is 2. The van der Waals surface area contributed by atoms with E-state index in [-0.39, 0.29) is 11.9 Å². The summed E-state index contributed by atoms with van der Waals surface area (Å²) < 4.78 is 0. The molecule has 0 fully saturated rings. The normalized spacial score (nSPS) is 10.0. The van der Waals surface area contributed by atoms with Crippen molar-refractivity contribution in [2.24, 2.45) is 12.9 Å². The van der Waals surface area contributed by atoms with E-state index in [0.29, 0.717) is 11.4 Å². The number of carbonyl (C=O) groups is 1. The Balaban J connectivity index is 2.09. The number of hydrazine groups is 1. The van der Waals surface area contributed by atoms with Crippen LogP contribution in [0.4, 0.5) is 11.8 Å². The number of nitrogens with one attached hydrogen (secondary N) is 2. The van der Waals surface area contributed by atoms with Gasteiger partial charge in [0.05, 0.1) is 12.6 Å². The number of nitrogens with zero attached hydrogens (tertiary/aromatic N) is 5. The summed E-state index contributed by atoms with van der Waals surface area (Å²) in [5, 5.41) is 13.5. The Bertz CT molecular complexity index is 519. The van der Waals surface area contributed by atoms with Gasteiger partial charge in [-0.1, -0.05) is 5.10 Å². The molecule has 0 aliphatic rings. The molecule has 0 aromatic carbocycles. The van der Waals surface area contributed by atoms with Crippen LogP contribution in [-0.4, -0.2) is 31.1 Å². The van der Waals surface area contributed by atoms with E-state index >= 15 is 0 Å². The van der Waals surface area contributed by atoms with Gasteiger partial charge in [-0.3, -0.25) is 10.1 Å². The van der Waals surface area contributed by atoms with Crippen molar-refractivity contribution in [3.63, 3.8) is 0 Å². The summed E-state index contributed by atoms with van der Waals surface area (Å²) in [6.45, 7) is 0. The number of pyridine rings is 1. The number of nitrogen functional groups attached to an aromatic ring is 1. The van der Waals surface area contributed by atoms with Gasteiger partial charge in [0, 0.05) is 6.20 Å². The second kappa shape index (κ2) is 4.53. The summed E-state index contributed by atoms with van der Waals surface area (Å²) in [4.78, 5) is 16.9. The van der Waals surface area contributed by atoms with Crippen molar-refractivity contribution in [1.82, 2.24) is 25.2 Å². The summed E-state index contributed by atoms with van der Waals surface area (Å²) in [6, 6.07) is 3.16. The zero-order valence-corrected chi connectivity index (χ0v) is 8.95. The smallest absolute Gasteiger partial charge is 0.270 e. The minimum Gasteiger partial charge on any atom is -0.308 e. The van der Waals surface area contributed by atoms with Gasteiger partial charge in [0.15, 0.2) is 0 Å². The molecule has 17 heavy (non-hydrogen) atoms. The predicted octanol–water partition coefficient (Wildman–Crippen LogP) is -0.857. The average Bonchev–Trinajstić information content (AvgIpc) is 2.75. The van der Waals surface area contributed by atoms with Gasteiger partial charge in [-0.2, -0.15) is 4.80 Å². The molecule has 0 atom stereocenters. The number of nitrogens with two attached hydrogens (primary N) is 1. The molecule has 0 spiro atoms. The van der Waals surface area contributed by atoms with Crippen LogP contribution in [0.5, 0.6) is 0 Å². The Morgan fingerprint density at radius 3 is 2.82 bits per heavy atom. The van der Waals surface area contributed by atoms with Crippen LogP contribution in [0.15, 0.2) is 18.3 Å². The van der Waals surface area contributed by atoms with E-state index in [1.807, 2.05) is 0 Å². The molecule has 2 rings (SSSR count). The fraction of sp³-hybridized carbons (Fsp3) is 0.125. The van der Waals surface area contributed by atoms with Gasteiger partial charge in [0.2, 0.25) is 0 Å². The topological polar surface area (TPSA) is 124 Å². The Morgan fingerprint density at radius 2 is 2.29 bits per heavy atom. The fourth-order valence-corrected chi connectivity index (χ4v) is 1.12. The van der Waals surface area contributed by atoms with Crippen LogP contribution < -0.4 is 16.6 Å². The van der Waals surface area contributed by atoms with Crippen molar-refractivity contribution in [3.8, 4) is 0 Å².